The van der Waals surface area contributed by atoms with Crippen LogP contribution in [0.1, 0.15) is 28.3 Å². The summed E-state index contributed by atoms with van der Waals surface area (Å²) in [5.74, 6) is -0.203. The lowest BCUT2D eigenvalue weighted by atomic mass is 10.1. The van der Waals surface area contributed by atoms with Crippen LogP contribution in [0.3, 0.4) is 0 Å². The molecule has 0 aromatic heterocycles. The van der Waals surface area contributed by atoms with Gasteiger partial charge in [0.15, 0.2) is 0 Å². The quantitative estimate of drug-likeness (QED) is 0.677. The number of benzene rings is 2. The van der Waals surface area contributed by atoms with Crippen LogP contribution in [0.5, 0.6) is 0 Å². The Kier molecular flexibility index (Phi) is 5.43. The van der Waals surface area contributed by atoms with Crippen molar-refractivity contribution in [2.45, 2.75) is 12.3 Å². The molecule has 146 valence electrons. The summed E-state index contributed by atoms with van der Waals surface area (Å²) in [5.41, 5.74) is 1.49. The second-order valence-corrected chi connectivity index (χ2v) is 8.56. The molecule has 2 aromatic rings. The van der Waals surface area contributed by atoms with Crippen LogP contribution < -0.4 is 0 Å². The average Bonchev–Trinajstić information content (AvgIpc) is 3.48. The van der Waals surface area contributed by atoms with Gasteiger partial charge in [0.1, 0.15) is 5.82 Å². The molecule has 4 rings (SSSR count). The van der Waals surface area contributed by atoms with Crippen LogP contribution in [0.2, 0.25) is 5.02 Å². The molecule has 1 heterocycles. The lowest BCUT2D eigenvalue weighted by Gasteiger charge is -2.35. The third-order valence-electron chi connectivity index (χ3n) is 5.45. The second-order valence-electron chi connectivity index (χ2n) is 7.24. The Bertz CT molecular complexity index is 913. The van der Waals surface area contributed by atoms with Crippen LogP contribution in [-0.2, 0) is 4.79 Å². The van der Waals surface area contributed by atoms with E-state index in [1.54, 1.807) is 4.90 Å². The second kappa shape index (κ2) is 7.84. The summed E-state index contributed by atoms with van der Waals surface area (Å²) >= 11 is 9.43. The molecule has 4 nitrogen and oxygen atoms in total. The van der Waals surface area contributed by atoms with Crippen LogP contribution in [0.15, 0.2) is 46.9 Å². The molecule has 2 aromatic carbocycles. The number of carbonyl (C=O) groups is 2. The lowest BCUT2D eigenvalue weighted by Crippen LogP contribution is -2.51. The Morgan fingerprint density at radius 3 is 2.29 bits per heavy atom. The van der Waals surface area contributed by atoms with E-state index >= 15 is 0 Å². The summed E-state index contributed by atoms with van der Waals surface area (Å²) in [4.78, 5) is 28.9. The number of amides is 2. The first-order valence-electron chi connectivity index (χ1n) is 9.22. The molecule has 1 saturated heterocycles. The van der Waals surface area contributed by atoms with Gasteiger partial charge in [-0.2, -0.15) is 0 Å². The number of halogens is 3. The van der Waals surface area contributed by atoms with Gasteiger partial charge in [0.25, 0.3) is 5.91 Å². The van der Waals surface area contributed by atoms with Gasteiger partial charge in [0, 0.05) is 36.6 Å². The number of rotatable bonds is 3. The fraction of sp³-hybridized carbons (Fsp3) is 0.333. The molecule has 0 N–H and O–H groups in total. The lowest BCUT2D eigenvalue weighted by molar-refractivity contribution is -0.134. The maximum Gasteiger partial charge on any atom is 0.255 e. The summed E-state index contributed by atoms with van der Waals surface area (Å²) < 4.78 is 14.2. The molecule has 0 spiro atoms. The molecule has 2 unspecified atom stereocenters. The summed E-state index contributed by atoms with van der Waals surface area (Å²) in [5, 5.41) is 0.110. The Labute approximate surface area is 176 Å². The maximum atomic E-state index is 13.2. The van der Waals surface area contributed by atoms with Crippen molar-refractivity contribution in [3.63, 3.8) is 0 Å². The monoisotopic (exact) mass is 464 g/mol. The number of hydrogen-bond acceptors (Lipinski definition) is 2. The van der Waals surface area contributed by atoms with Crippen molar-refractivity contribution in [3.05, 3.63) is 68.9 Å². The zero-order chi connectivity index (χ0) is 19.8. The minimum atomic E-state index is -0.471. The molecule has 1 aliphatic heterocycles. The van der Waals surface area contributed by atoms with Crippen molar-refractivity contribution in [3.8, 4) is 0 Å². The summed E-state index contributed by atoms with van der Waals surface area (Å²) in [6.07, 6.45) is 0.880. The van der Waals surface area contributed by atoms with Crippen LogP contribution in [0.4, 0.5) is 4.39 Å². The van der Waals surface area contributed by atoms with Crippen molar-refractivity contribution in [2.24, 2.45) is 5.92 Å². The molecule has 2 atom stereocenters. The van der Waals surface area contributed by atoms with E-state index in [-0.39, 0.29) is 22.8 Å². The van der Waals surface area contributed by atoms with Crippen LogP contribution in [0.25, 0.3) is 0 Å². The number of carbonyl (C=O) groups excluding carboxylic acids is 2. The molecule has 28 heavy (non-hydrogen) atoms. The van der Waals surface area contributed by atoms with Crippen molar-refractivity contribution >= 4 is 39.3 Å². The van der Waals surface area contributed by atoms with Crippen LogP contribution in [-0.4, -0.2) is 47.8 Å². The van der Waals surface area contributed by atoms with E-state index in [1.807, 2.05) is 17.0 Å². The fourth-order valence-corrected chi connectivity index (χ4v) is 4.26. The van der Waals surface area contributed by atoms with Crippen molar-refractivity contribution in [2.75, 3.05) is 26.2 Å². The van der Waals surface area contributed by atoms with Crippen LogP contribution >= 0.6 is 27.5 Å². The number of nitrogens with zero attached hydrogens (tertiary/aromatic N) is 2. The SMILES string of the molecule is O=C(c1ccc(F)cc1Cl)N1CCN(C(=O)C2CC2c2ccc(Br)cc2)CC1. The Morgan fingerprint density at radius 1 is 1.00 bits per heavy atom. The molecular weight excluding hydrogens is 447 g/mol. The van der Waals surface area contributed by atoms with Gasteiger partial charge >= 0.3 is 0 Å². The van der Waals surface area contributed by atoms with E-state index in [1.165, 1.54) is 17.7 Å². The summed E-state index contributed by atoms with van der Waals surface area (Å²) in [6.45, 7) is 1.92. The molecule has 2 fully saturated rings. The minimum Gasteiger partial charge on any atom is -0.339 e. The van der Waals surface area contributed by atoms with Gasteiger partial charge in [-0.15, -0.1) is 0 Å². The average molecular weight is 466 g/mol. The third-order valence-corrected chi connectivity index (χ3v) is 6.29. The molecule has 0 radical (unpaired) electrons. The first kappa shape index (κ1) is 19.4. The highest BCUT2D eigenvalue weighted by Crippen LogP contribution is 2.48. The molecule has 1 aliphatic carbocycles. The predicted octanol–water partition coefficient (Wildman–Crippen LogP) is 4.33. The van der Waals surface area contributed by atoms with E-state index < -0.39 is 5.82 Å². The van der Waals surface area contributed by atoms with Crippen LogP contribution in [0, 0.1) is 11.7 Å². The largest absolute Gasteiger partial charge is 0.339 e. The van der Waals surface area contributed by atoms with Gasteiger partial charge in [-0.25, -0.2) is 4.39 Å². The van der Waals surface area contributed by atoms with E-state index in [9.17, 15) is 14.0 Å². The molecule has 7 heteroatoms. The highest BCUT2D eigenvalue weighted by Gasteiger charge is 2.46. The number of piperazine rings is 1. The van der Waals surface area contributed by atoms with Gasteiger partial charge in [-0.1, -0.05) is 39.7 Å². The zero-order valence-corrected chi connectivity index (χ0v) is 17.4. The van der Waals surface area contributed by atoms with Crippen molar-refractivity contribution in [1.29, 1.82) is 0 Å². The van der Waals surface area contributed by atoms with Gasteiger partial charge in [0.2, 0.25) is 5.91 Å². The van der Waals surface area contributed by atoms with E-state index in [0.717, 1.165) is 17.0 Å². The Morgan fingerprint density at radius 2 is 1.64 bits per heavy atom. The minimum absolute atomic E-state index is 0.0370. The highest BCUT2D eigenvalue weighted by molar-refractivity contribution is 9.10. The third kappa shape index (κ3) is 3.94. The first-order valence-corrected chi connectivity index (χ1v) is 10.4. The molecule has 0 bridgehead atoms. The molecular formula is C21H19BrClFN2O2. The normalized spacial score (nSPS) is 21.5. The molecule has 2 aliphatic rings. The van der Waals surface area contributed by atoms with E-state index in [0.29, 0.717) is 37.7 Å². The maximum absolute atomic E-state index is 13.2. The Balaban J connectivity index is 1.33. The van der Waals surface area contributed by atoms with Gasteiger partial charge < -0.3 is 9.80 Å². The number of hydrogen-bond donors (Lipinski definition) is 0. The molecule has 2 amide bonds. The summed E-state index contributed by atoms with van der Waals surface area (Å²) in [6, 6.07) is 11.9. The highest BCUT2D eigenvalue weighted by atomic mass is 79.9. The smallest absolute Gasteiger partial charge is 0.255 e. The van der Waals surface area contributed by atoms with Gasteiger partial charge in [-0.05, 0) is 48.2 Å². The van der Waals surface area contributed by atoms with E-state index in [4.69, 9.17) is 11.6 Å². The summed E-state index contributed by atoms with van der Waals surface area (Å²) in [7, 11) is 0. The van der Waals surface area contributed by atoms with E-state index in [2.05, 4.69) is 28.1 Å². The van der Waals surface area contributed by atoms with Gasteiger partial charge in [-0.3, -0.25) is 9.59 Å². The van der Waals surface area contributed by atoms with Crippen molar-refractivity contribution in [1.82, 2.24) is 9.80 Å². The topological polar surface area (TPSA) is 40.6 Å². The standard InChI is InChI=1S/C21H19BrClFN2O2/c22-14-3-1-13(2-4-14)17-12-18(17)21(28)26-9-7-25(8-10-26)20(27)16-6-5-15(24)11-19(16)23/h1-6,11,17-18H,7-10,12H2. The molecule has 1 saturated carbocycles. The van der Waals surface area contributed by atoms with Crippen molar-refractivity contribution < 1.29 is 14.0 Å². The first-order chi connectivity index (χ1) is 13.4. The van der Waals surface area contributed by atoms with Gasteiger partial charge in [0.05, 0.1) is 10.6 Å². The Hall–Kier alpha value is -1.92. The fourth-order valence-electron chi connectivity index (χ4n) is 3.74. The zero-order valence-electron chi connectivity index (χ0n) is 15.1. The predicted molar refractivity (Wildman–Crippen MR) is 109 cm³/mol.